The van der Waals surface area contributed by atoms with Gasteiger partial charge < -0.3 is 4.90 Å². The van der Waals surface area contributed by atoms with Crippen LogP contribution in [0.5, 0.6) is 0 Å². The number of benzene rings is 1. The van der Waals surface area contributed by atoms with Crippen LogP contribution in [0.25, 0.3) is 6.08 Å². The van der Waals surface area contributed by atoms with Gasteiger partial charge in [0.25, 0.3) is 0 Å². The Bertz CT molecular complexity index is 560. The van der Waals surface area contributed by atoms with E-state index < -0.39 is 0 Å². The minimum absolute atomic E-state index is 0.844. The summed E-state index contributed by atoms with van der Waals surface area (Å²) in [5.74, 6) is 0.844. The molecule has 0 saturated carbocycles. The molecule has 21 heavy (non-hydrogen) atoms. The zero-order valence-electron chi connectivity index (χ0n) is 12.1. The maximum Gasteiger partial charge on any atom is 0.225 e. The summed E-state index contributed by atoms with van der Waals surface area (Å²) in [6.45, 7) is 5.08. The van der Waals surface area contributed by atoms with Crippen LogP contribution in [0.2, 0.25) is 0 Å². The number of aromatic nitrogens is 2. The molecule has 1 aliphatic heterocycles. The molecule has 1 saturated heterocycles. The first kappa shape index (κ1) is 13.8. The van der Waals surface area contributed by atoms with Gasteiger partial charge in [-0.2, -0.15) is 0 Å². The van der Waals surface area contributed by atoms with E-state index in [2.05, 4.69) is 56.2 Å². The summed E-state index contributed by atoms with van der Waals surface area (Å²) in [4.78, 5) is 13.3. The second-order valence-corrected chi connectivity index (χ2v) is 5.15. The molecule has 0 unspecified atom stereocenters. The molecule has 0 aliphatic carbocycles. The summed E-state index contributed by atoms with van der Waals surface area (Å²) < 4.78 is 0. The van der Waals surface area contributed by atoms with Crippen LogP contribution in [0, 0.1) is 0 Å². The average molecular weight is 280 g/mol. The maximum atomic E-state index is 4.31. The van der Waals surface area contributed by atoms with Crippen LogP contribution in [0.15, 0.2) is 54.9 Å². The zero-order valence-corrected chi connectivity index (χ0v) is 12.1. The summed E-state index contributed by atoms with van der Waals surface area (Å²) in [7, 11) is 0. The van der Waals surface area contributed by atoms with Crippen molar-refractivity contribution < 1.29 is 0 Å². The van der Waals surface area contributed by atoms with Gasteiger partial charge >= 0.3 is 0 Å². The van der Waals surface area contributed by atoms with Gasteiger partial charge in [-0.25, -0.2) is 9.97 Å². The molecule has 0 spiro atoms. The molecule has 1 aromatic carbocycles. The largest absolute Gasteiger partial charge is 0.338 e. The van der Waals surface area contributed by atoms with Crippen molar-refractivity contribution in [1.29, 1.82) is 0 Å². The highest BCUT2D eigenvalue weighted by atomic mass is 15.3. The Morgan fingerprint density at radius 2 is 1.62 bits per heavy atom. The lowest BCUT2D eigenvalue weighted by Crippen LogP contribution is -2.46. The molecule has 1 aliphatic rings. The molecule has 0 N–H and O–H groups in total. The third kappa shape index (κ3) is 3.89. The van der Waals surface area contributed by atoms with Crippen LogP contribution in [-0.4, -0.2) is 47.6 Å². The molecule has 1 aromatic heterocycles. The topological polar surface area (TPSA) is 32.3 Å². The molecule has 4 nitrogen and oxygen atoms in total. The van der Waals surface area contributed by atoms with E-state index in [1.165, 1.54) is 5.56 Å². The van der Waals surface area contributed by atoms with Gasteiger partial charge in [-0.15, -0.1) is 0 Å². The molecule has 108 valence electrons. The number of rotatable bonds is 4. The van der Waals surface area contributed by atoms with Crippen molar-refractivity contribution in [2.45, 2.75) is 0 Å². The number of anilines is 1. The van der Waals surface area contributed by atoms with Crippen molar-refractivity contribution in [2.24, 2.45) is 0 Å². The van der Waals surface area contributed by atoms with E-state index in [1.54, 1.807) is 12.4 Å². The third-order valence-corrected chi connectivity index (χ3v) is 3.68. The number of nitrogens with zero attached hydrogens (tertiary/aromatic N) is 4. The summed E-state index contributed by atoms with van der Waals surface area (Å²) in [6.07, 6.45) is 8.03. The van der Waals surface area contributed by atoms with Crippen LogP contribution in [0.1, 0.15) is 5.56 Å². The second kappa shape index (κ2) is 6.99. The Hall–Kier alpha value is -2.20. The lowest BCUT2D eigenvalue weighted by Gasteiger charge is -2.34. The smallest absolute Gasteiger partial charge is 0.225 e. The number of hydrogen-bond donors (Lipinski definition) is 0. The van der Waals surface area contributed by atoms with Gasteiger partial charge in [-0.05, 0) is 11.6 Å². The molecule has 2 aromatic rings. The molecule has 4 heteroatoms. The van der Waals surface area contributed by atoms with Gasteiger partial charge in [0.1, 0.15) is 0 Å². The minimum Gasteiger partial charge on any atom is -0.338 e. The van der Waals surface area contributed by atoms with Crippen molar-refractivity contribution in [3.05, 3.63) is 60.4 Å². The molecule has 0 atom stereocenters. The summed E-state index contributed by atoms with van der Waals surface area (Å²) >= 11 is 0. The van der Waals surface area contributed by atoms with Gasteiger partial charge in [0.05, 0.1) is 0 Å². The minimum atomic E-state index is 0.844. The predicted octanol–water partition coefficient (Wildman–Crippen LogP) is 2.31. The fraction of sp³-hybridized carbons (Fsp3) is 0.294. The first-order valence-electron chi connectivity index (χ1n) is 7.38. The summed E-state index contributed by atoms with van der Waals surface area (Å²) in [5, 5.41) is 0. The number of piperazine rings is 1. The van der Waals surface area contributed by atoms with E-state index in [0.717, 1.165) is 38.7 Å². The highest BCUT2D eigenvalue weighted by Gasteiger charge is 2.17. The van der Waals surface area contributed by atoms with Gasteiger partial charge in [0, 0.05) is 45.1 Å². The van der Waals surface area contributed by atoms with Crippen molar-refractivity contribution >= 4 is 12.0 Å². The van der Waals surface area contributed by atoms with E-state index >= 15 is 0 Å². The van der Waals surface area contributed by atoms with Crippen molar-refractivity contribution in [3.63, 3.8) is 0 Å². The molecule has 0 radical (unpaired) electrons. The quantitative estimate of drug-likeness (QED) is 0.860. The zero-order chi connectivity index (χ0) is 14.3. The SMILES string of the molecule is C(=Cc1ccccc1)CN1CCN(c2ncccn2)CC1. The Balaban J connectivity index is 1.47. The van der Waals surface area contributed by atoms with Gasteiger partial charge in [0.2, 0.25) is 5.95 Å². The average Bonchev–Trinajstić information content (AvgIpc) is 2.57. The monoisotopic (exact) mass is 280 g/mol. The molecular weight excluding hydrogens is 260 g/mol. The fourth-order valence-corrected chi connectivity index (χ4v) is 2.49. The van der Waals surface area contributed by atoms with E-state index in [1.807, 2.05) is 12.1 Å². The van der Waals surface area contributed by atoms with E-state index in [4.69, 9.17) is 0 Å². The normalized spacial score (nSPS) is 16.5. The predicted molar refractivity (Wildman–Crippen MR) is 86.2 cm³/mol. The van der Waals surface area contributed by atoms with Crippen LogP contribution in [0.4, 0.5) is 5.95 Å². The van der Waals surface area contributed by atoms with Gasteiger partial charge in [0.15, 0.2) is 0 Å². The lowest BCUT2D eigenvalue weighted by molar-refractivity contribution is 0.283. The fourth-order valence-electron chi connectivity index (χ4n) is 2.49. The van der Waals surface area contributed by atoms with Gasteiger partial charge in [-0.1, -0.05) is 42.5 Å². The summed E-state index contributed by atoms with van der Waals surface area (Å²) in [6, 6.07) is 12.3. The Morgan fingerprint density at radius 3 is 2.33 bits per heavy atom. The van der Waals surface area contributed by atoms with Gasteiger partial charge in [-0.3, -0.25) is 4.90 Å². The van der Waals surface area contributed by atoms with Crippen LogP contribution >= 0.6 is 0 Å². The van der Waals surface area contributed by atoms with Crippen LogP contribution < -0.4 is 4.90 Å². The molecular formula is C17H20N4. The lowest BCUT2D eigenvalue weighted by atomic mass is 10.2. The van der Waals surface area contributed by atoms with Crippen molar-refractivity contribution in [1.82, 2.24) is 14.9 Å². The highest BCUT2D eigenvalue weighted by Crippen LogP contribution is 2.09. The first-order chi connectivity index (χ1) is 10.4. The molecule has 1 fully saturated rings. The summed E-state index contributed by atoms with van der Waals surface area (Å²) in [5.41, 5.74) is 1.26. The third-order valence-electron chi connectivity index (χ3n) is 3.68. The van der Waals surface area contributed by atoms with E-state index in [-0.39, 0.29) is 0 Å². The standard InChI is InChI=1S/C17H20N4/c1-2-6-16(7-3-1)8-4-11-20-12-14-21(15-13-20)17-18-9-5-10-19-17/h1-10H,11-15H2. The first-order valence-corrected chi connectivity index (χ1v) is 7.38. The molecule has 2 heterocycles. The maximum absolute atomic E-state index is 4.31. The molecule has 0 amide bonds. The van der Waals surface area contributed by atoms with Crippen molar-refractivity contribution in [2.75, 3.05) is 37.6 Å². The Morgan fingerprint density at radius 1 is 0.905 bits per heavy atom. The van der Waals surface area contributed by atoms with Crippen LogP contribution in [0.3, 0.4) is 0 Å². The Kier molecular flexibility index (Phi) is 4.59. The van der Waals surface area contributed by atoms with E-state index in [9.17, 15) is 0 Å². The van der Waals surface area contributed by atoms with Crippen LogP contribution in [-0.2, 0) is 0 Å². The number of hydrogen-bond acceptors (Lipinski definition) is 4. The molecule has 0 bridgehead atoms. The molecule has 3 rings (SSSR count). The highest BCUT2D eigenvalue weighted by molar-refractivity contribution is 5.48. The van der Waals surface area contributed by atoms with Crippen molar-refractivity contribution in [3.8, 4) is 0 Å². The second-order valence-electron chi connectivity index (χ2n) is 5.15. The van der Waals surface area contributed by atoms with E-state index in [0.29, 0.717) is 0 Å². The Labute approximate surface area is 125 Å².